The standard InChI is InChI=1S/C17H18N2O5/c1-10-4-5-13(8-11(10)2)16(22)12(3)24-15(21)9-19-7-6-14(20)18-17(19)23/h4-8,12H,9H2,1-3H3,(H,18,20,23)/t12-/m0/s1. The highest BCUT2D eigenvalue weighted by Crippen LogP contribution is 2.13. The molecule has 0 fully saturated rings. The van der Waals surface area contributed by atoms with Gasteiger partial charge in [-0.25, -0.2) is 4.79 Å². The Hall–Kier alpha value is -2.96. The van der Waals surface area contributed by atoms with Crippen molar-refractivity contribution in [2.45, 2.75) is 33.4 Å². The van der Waals surface area contributed by atoms with Gasteiger partial charge in [-0.05, 0) is 38.0 Å². The zero-order valence-corrected chi connectivity index (χ0v) is 13.7. The smallest absolute Gasteiger partial charge is 0.328 e. The molecule has 2 rings (SSSR count). The molecule has 0 bridgehead atoms. The van der Waals surface area contributed by atoms with Crippen molar-refractivity contribution in [3.63, 3.8) is 0 Å². The number of esters is 1. The van der Waals surface area contributed by atoms with Crippen molar-refractivity contribution in [2.24, 2.45) is 0 Å². The predicted octanol–water partition coefficient (Wildman–Crippen LogP) is 0.968. The SMILES string of the molecule is Cc1ccc(C(=O)[C@H](C)OC(=O)Cn2ccc(=O)[nH]c2=O)cc1C. The first-order valence-corrected chi connectivity index (χ1v) is 7.38. The second-order valence-electron chi connectivity index (χ2n) is 5.53. The van der Waals surface area contributed by atoms with Gasteiger partial charge in [-0.3, -0.25) is 23.9 Å². The summed E-state index contributed by atoms with van der Waals surface area (Å²) < 4.78 is 6.08. The number of nitrogens with one attached hydrogen (secondary N) is 1. The molecule has 24 heavy (non-hydrogen) atoms. The van der Waals surface area contributed by atoms with E-state index in [0.29, 0.717) is 5.56 Å². The molecule has 0 amide bonds. The van der Waals surface area contributed by atoms with Crippen LogP contribution in [0.1, 0.15) is 28.4 Å². The average Bonchev–Trinajstić information content (AvgIpc) is 2.52. The number of Topliss-reactive ketones (excluding diaryl/α,β-unsaturated/α-hetero) is 1. The fraction of sp³-hybridized carbons (Fsp3) is 0.294. The Labute approximate surface area is 137 Å². The number of rotatable bonds is 5. The number of aryl methyl sites for hydroxylation is 2. The first-order valence-electron chi connectivity index (χ1n) is 7.38. The van der Waals surface area contributed by atoms with Crippen molar-refractivity contribution in [1.82, 2.24) is 9.55 Å². The van der Waals surface area contributed by atoms with E-state index in [2.05, 4.69) is 0 Å². The molecule has 0 aliphatic rings. The molecule has 0 saturated heterocycles. The Kier molecular flexibility index (Phi) is 5.13. The summed E-state index contributed by atoms with van der Waals surface area (Å²) in [6, 6.07) is 6.38. The monoisotopic (exact) mass is 330 g/mol. The van der Waals surface area contributed by atoms with E-state index >= 15 is 0 Å². The lowest BCUT2D eigenvalue weighted by atomic mass is 10.0. The van der Waals surface area contributed by atoms with Crippen LogP contribution in [0.3, 0.4) is 0 Å². The van der Waals surface area contributed by atoms with E-state index in [-0.39, 0.29) is 12.3 Å². The minimum Gasteiger partial charge on any atom is -0.453 e. The summed E-state index contributed by atoms with van der Waals surface area (Å²) >= 11 is 0. The third-order valence-electron chi connectivity index (χ3n) is 3.67. The van der Waals surface area contributed by atoms with Gasteiger partial charge in [0.05, 0.1) is 0 Å². The Morgan fingerprint density at radius 1 is 1.17 bits per heavy atom. The molecule has 1 aromatic carbocycles. The summed E-state index contributed by atoms with van der Waals surface area (Å²) in [4.78, 5) is 48.7. The highest BCUT2D eigenvalue weighted by atomic mass is 16.5. The maximum absolute atomic E-state index is 12.3. The van der Waals surface area contributed by atoms with Gasteiger partial charge in [0.1, 0.15) is 6.54 Å². The molecule has 7 heteroatoms. The zero-order chi connectivity index (χ0) is 17.9. The van der Waals surface area contributed by atoms with Crippen LogP contribution in [0.2, 0.25) is 0 Å². The molecule has 2 aromatic rings. The van der Waals surface area contributed by atoms with Gasteiger partial charge < -0.3 is 4.74 Å². The van der Waals surface area contributed by atoms with Crippen molar-refractivity contribution >= 4 is 11.8 Å². The average molecular weight is 330 g/mol. The molecule has 126 valence electrons. The zero-order valence-electron chi connectivity index (χ0n) is 13.7. The number of nitrogens with zero attached hydrogens (tertiary/aromatic N) is 1. The molecule has 0 spiro atoms. The molecule has 0 aliphatic heterocycles. The summed E-state index contributed by atoms with van der Waals surface area (Å²) in [5.74, 6) is -1.06. The largest absolute Gasteiger partial charge is 0.453 e. The summed E-state index contributed by atoms with van der Waals surface area (Å²) in [5.41, 5.74) is 1.22. The van der Waals surface area contributed by atoms with Crippen LogP contribution < -0.4 is 11.2 Å². The van der Waals surface area contributed by atoms with Crippen LogP contribution >= 0.6 is 0 Å². The van der Waals surface area contributed by atoms with E-state index in [1.165, 1.54) is 13.1 Å². The molecule has 1 aromatic heterocycles. The molecular formula is C17H18N2O5. The first kappa shape index (κ1) is 17.4. The van der Waals surface area contributed by atoms with E-state index in [9.17, 15) is 19.2 Å². The minimum absolute atomic E-state index is 0.319. The van der Waals surface area contributed by atoms with Crippen molar-refractivity contribution in [3.05, 3.63) is 68.0 Å². The number of hydrogen-bond donors (Lipinski definition) is 1. The molecule has 0 radical (unpaired) electrons. The number of carbonyl (C=O) groups is 2. The summed E-state index contributed by atoms with van der Waals surface area (Å²) in [7, 11) is 0. The second kappa shape index (κ2) is 7.08. The molecule has 1 heterocycles. The van der Waals surface area contributed by atoms with Crippen LogP contribution in [0.25, 0.3) is 0 Å². The normalized spacial score (nSPS) is 11.8. The quantitative estimate of drug-likeness (QED) is 0.650. The minimum atomic E-state index is -0.974. The van der Waals surface area contributed by atoms with Crippen molar-refractivity contribution in [2.75, 3.05) is 0 Å². The Morgan fingerprint density at radius 3 is 2.50 bits per heavy atom. The lowest BCUT2D eigenvalue weighted by Gasteiger charge is -2.13. The van der Waals surface area contributed by atoms with Crippen LogP contribution in [0.4, 0.5) is 0 Å². The Morgan fingerprint density at radius 2 is 1.88 bits per heavy atom. The lowest BCUT2D eigenvalue weighted by Crippen LogP contribution is -2.33. The van der Waals surface area contributed by atoms with E-state index < -0.39 is 23.3 Å². The van der Waals surface area contributed by atoms with E-state index in [4.69, 9.17) is 4.74 Å². The first-order chi connectivity index (χ1) is 11.3. The van der Waals surface area contributed by atoms with Crippen LogP contribution in [-0.2, 0) is 16.1 Å². The van der Waals surface area contributed by atoms with E-state index in [1.54, 1.807) is 12.1 Å². The third-order valence-corrected chi connectivity index (χ3v) is 3.67. The van der Waals surface area contributed by atoms with Gasteiger partial charge >= 0.3 is 11.7 Å². The molecule has 1 N–H and O–H groups in total. The fourth-order valence-corrected chi connectivity index (χ4v) is 2.13. The maximum atomic E-state index is 12.3. The fourth-order valence-electron chi connectivity index (χ4n) is 2.13. The van der Waals surface area contributed by atoms with E-state index in [1.807, 2.05) is 24.9 Å². The van der Waals surface area contributed by atoms with Crippen molar-refractivity contribution < 1.29 is 14.3 Å². The van der Waals surface area contributed by atoms with Crippen LogP contribution in [0.5, 0.6) is 0 Å². The van der Waals surface area contributed by atoms with Gasteiger partial charge in [-0.2, -0.15) is 0 Å². The number of carbonyl (C=O) groups excluding carboxylic acids is 2. The number of benzene rings is 1. The molecule has 0 aliphatic carbocycles. The molecule has 0 unspecified atom stereocenters. The highest BCUT2D eigenvalue weighted by molar-refractivity contribution is 6.00. The Bertz CT molecular complexity index is 894. The van der Waals surface area contributed by atoms with Gasteiger partial charge in [0.25, 0.3) is 5.56 Å². The van der Waals surface area contributed by atoms with Gasteiger partial charge in [-0.15, -0.1) is 0 Å². The van der Waals surface area contributed by atoms with E-state index in [0.717, 1.165) is 21.8 Å². The summed E-state index contributed by atoms with van der Waals surface area (Å²) in [5, 5.41) is 0. The maximum Gasteiger partial charge on any atom is 0.328 e. The van der Waals surface area contributed by atoms with Gasteiger partial charge in [0.2, 0.25) is 5.78 Å². The van der Waals surface area contributed by atoms with Crippen molar-refractivity contribution in [1.29, 1.82) is 0 Å². The molecule has 7 nitrogen and oxygen atoms in total. The van der Waals surface area contributed by atoms with Crippen LogP contribution in [-0.4, -0.2) is 27.4 Å². The van der Waals surface area contributed by atoms with Gasteiger partial charge in [0.15, 0.2) is 6.10 Å². The van der Waals surface area contributed by atoms with Crippen LogP contribution in [0.15, 0.2) is 40.1 Å². The predicted molar refractivity (Wildman–Crippen MR) is 87.1 cm³/mol. The molecule has 0 saturated carbocycles. The number of ether oxygens (including phenoxy) is 1. The van der Waals surface area contributed by atoms with Gasteiger partial charge in [0, 0.05) is 17.8 Å². The summed E-state index contributed by atoms with van der Waals surface area (Å²) in [6.45, 7) is 4.92. The number of H-pyrrole nitrogens is 1. The number of ketones is 1. The lowest BCUT2D eigenvalue weighted by molar-refractivity contribution is -0.147. The number of aromatic amines is 1. The highest BCUT2D eigenvalue weighted by Gasteiger charge is 2.20. The number of aromatic nitrogens is 2. The van der Waals surface area contributed by atoms with Gasteiger partial charge in [-0.1, -0.05) is 12.1 Å². The number of hydrogen-bond acceptors (Lipinski definition) is 5. The second-order valence-corrected chi connectivity index (χ2v) is 5.53. The summed E-state index contributed by atoms with van der Waals surface area (Å²) in [6.07, 6.45) is 0.219. The van der Waals surface area contributed by atoms with Crippen molar-refractivity contribution in [3.8, 4) is 0 Å². The third kappa shape index (κ3) is 4.07. The Balaban J connectivity index is 2.05. The molecule has 1 atom stereocenters. The topological polar surface area (TPSA) is 98.2 Å². The van der Waals surface area contributed by atoms with Crippen LogP contribution in [0, 0.1) is 13.8 Å². The molecular weight excluding hydrogens is 312 g/mol.